The van der Waals surface area contributed by atoms with Gasteiger partial charge >= 0.3 is 0 Å². The van der Waals surface area contributed by atoms with Gasteiger partial charge in [-0.25, -0.2) is 0 Å². The summed E-state index contributed by atoms with van der Waals surface area (Å²) in [4.78, 5) is 2.53. The van der Waals surface area contributed by atoms with Gasteiger partial charge in [-0.15, -0.1) is 0 Å². The molecule has 2 aliphatic rings. The molecule has 2 nitrogen and oxygen atoms in total. The molecule has 0 atom stereocenters. The van der Waals surface area contributed by atoms with Crippen LogP contribution >= 0.6 is 11.6 Å². The van der Waals surface area contributed by atoms with Gasteiger partial charge in [0.2, 0.25) is 0 Å². The molecule has 1 heterocycles. The van der Waals surface area contributed by atoms with Crippen LogP contribution in [0.5, 0.6) is 0 Å². The first-order valence-corrected chi connectivity index (χ1v) is 8.18. The summed E-state index contributed by atoms with van der Waals surface area (Å²) in [6.07, 6.45) is 5.19. The topological polar surface area (TPSA) is 15.3 Å². The monoisotopic (exact) mass is 292 g/mol. The first-order valence-electron chi connectivity index (χ1n) is 7.80. The number of piperidine rings is 1. The molecule has 3 rings (SSSR count). The van der Waals surface area contributed by atoms with E-state index >= 15 is 0 Å². The molecule has 1 aliphatic carbocycles. The summed E-state index contributed by atoms with van der Waals surface area (Å²) in [5, 5.41) is 4.46. The van der Waals surface area contributed by atoms with Crippen molar-refractivity contribution in [3.05, 3.63) is 28.8 Å². The van der Waals surface area contributed by atoms with Crippen molar-refractivity contribution in [2.75, 3.05) is 18.0 Å². The van der Waals surface area contributed by atoms with E-state index in [-0.39, 0.29) is 0 Å². The molecule has 110 valence electrons. The van der Waals surface area contributed by atoms with Crippen LogP contribution in [-0.2, 0) is 6.54 Å². The molecule has 0 bridgehead atoms. The summed E-state index contributed by atoms with van der Waals surface area (Å²) in [5.41, 5.74) is 3.22. The minimum Gasteiger partial charge on any atom is -0.371 e. The molecule has 1 saturated heterocycles. The fourth-order valence-electron chi connectivity index (χ4n) is 2.90. The number of anilines is 1. The van der Waals surface area contributed by atoms with Crippen LogP contribution in [0.15, 0.2) is 18.2 Å². The second-order valence-electron chi connectivity index (χ2n) is 7.08. The van der Waals surface area contributed by atoms with Gasteiger partial charge in [-0.2, -0.15) is 0 Å². The molecule has 1 aliphatic heterocycles. The average molecular weight is 293 g/mol. The number of halogens is 1. The zero-order valence-electron chi connectivity index (χ0n) is 12.6. The number of rotatable bonds is 4. The maximum absolute atomic E-state index is 6.19. The van der Waals surface area contributed by atoms with Gasteiger partial charge in [0.25, 0.3) is 0 Å². The van der Waals surface area contributed by atoms with Crippen molar-refractivity contribution in [1.82, 2.24) is 5.32 Å². The SMILES string of the molecule is CC1(C)CCN(c2ccc(Cl)cc2CNC2CC2)CC1. The molecule has 0 spiro atoms. The Morgan fingerprint density at radius 2 is 1.95 bits per heavy atom. The van der Waals surface area contributed by atoms with Crippen LogP contribution in [0.2, 0.25) is 5.02 Å². The van der Waals surface area contributed by atoms with Gasteiger partial charge in [-0.3, -0.25) is 0 Å². The summed E-state index contributed by atoms with van der Waals surface area (Å²) in [6, 6.07) is 7.09. The lowest BCUT2D eigenvalue weighted by Crippen LogP contribution is -2.38. The fourth-order valence-corrected chi connectivity index (χ4v) is 3.09. The predicted octanol–water partition coefficient (Wildman–Crippen LogP) is 4.22. The molecule has 1 aromatic carbocycles. The fraction of sp³-hybridized carbons (Fsp3) is 0.647. The van der Waals surface area contributed by atoms with E-state index in [2.05, 4.69) is 36.2 Å². The molecular weight excluding hydrogens is 268 g/mol. The third-order valence-electron chi connectivity index (χ3n) is 4.66. The molecule has 20 heavy (non-hydrogen) atoms. The minimum absolute atomic E-state index is 0.495. The summed E-state index contributed by atoms with van der Waals surface area (Å²) >= 11 is 6.19. The molecule has 1 saturated carbocycles. The van der Waals surface area contributed by atoms with E-state index < -0.39 is 0 Å². The van der Waals surface area contributed by atoms with Crippen molar-refractivity contribution in [2.45, 2.75) is 52.1 Å². The number of hydrogen-bond acceptors (Lipinski definition) is 2. The molecule has 1 aromatic rings. The normalized spacial score (nSPS) is 22.1. The Hall–Kier alpha value is -0.730. The van der Waals surface area contributed by atoms with Crippen LogP contribution in [0.3, 0.4) is 0 Å². The lowest BCUT2D eigenvalue weighted by atomic mass is 9.82. The molecule has 1 N–H and O–H groups in total. The van der Waals surface area contributed by atoms with Gasteiger partial charge in [0, 0.05) is 36.4 Å². The Bertz CT molecular complexity index is 470. The van der Waals surface area contributed by atoms with E-state index in [4.69, 9.17) is 11.6 Å². The average Bonchev–Trinajstić information content (AvgIpc) is 3.21. The van der Waals surface area contributed by atoms with E-state index in [0.717, 1.165) is 30.7 Å². The highest BCUT2D eigenvalue weighted by Gasteiger charge is 2.27. The van der Waals surface area contributed by atoms with E-state index in [0.29, 0.717) is 5.41 Å². The third kappa shape index (κ3) is 3.48. The van der Waals surface area contributed by atoms with Crippen LogP contribution in [0.1, 0.15) is 45.1 Å². The lowest BCUT2D eigenvalue weighted by molar-refractivity contribution is 0.279. The van der Waals surface area contributed by atoms with Crippen LogP contribution in [0, 0.1) is 5.41 Å². The van der Waals surface area contributed by atoms with E-state index in [1.54, 1.807) is 0 Å². The van der Waals surface area contributed by atoms with Gasteiger partial charge in [-0.05, 0) is 54.9 Å². The van der Waals surface area contributed by atoms with Gasteiger partial charge in [0.1, 0.15) is 0 Å². The van der Waals surface area contributed by atoms with Crippen LogP contribution in [0.25, 0.3) is 0 Å². The first kappa shape index (κ1) is 14.2. The number of nitrogens with zero attached hydrogens (tertiary/aromatic N) is 1. The second-order valence-corrected chi connectivity index (χ2v) is 7.52. The molecule has 0 aromatic heterocycles. The lowest BCUT2D eigenvalue weighted by Gasteiger charge is -2.39. The summed E-state index contributed by atoms with van der Waals surface area (Å²) in [7, 11) is 0. The Balaban J connectivity index is 1.73. The zero-order valence-corrected chi connectivity index (χ0v) is 13.3. The maximum atomic E-state index is 6.19. The third-order valence-corrected chi connectivity index (χ3v) is 4.89. The molecule has 2 fully saturated rings. The first-order chi connectivity index (χ1) is 9.53. The van der Waals surface area contributed by atoms with Crippen LogP contribution in [-0.4, -0.2) is 19.1 Å². The highest BCUT2D eigenvalue weighted by molar-refractivity contribution is 6.30. The second kappa shape index (κ2) is 5.57. The van der Waals surface area contributed by atoms with Gasteiger partial charge in [0.15, 0.2) is 0 Å². The Morgan fingerprint density at radius 3 is 2.60 bits per heavy atom. The van der Waals surface area contributed by atoms with Crippen molar-refractivity contribution in [1.29, 1.82) is 0 Å². The van der Waals surface area contributed by atoms with Crippen molar-refractivity contribution in [2.24, 2.45) is 5.41 Å². The predicted molar refractivity (Wildman–Crippen MR) is 86.5 cm³/mol. The highest BCUT2D eigenvalue weighted by Crippen LogP contribution is 2.34. The van der Waals surface area contributed by atoms with Crippen molar-refractivity contribution < 1.29 is 0 Å². The molecule has 0 unspecified atom stereocenters. The van der Waals surface area contributed by atoms with Crippen LogP contribution in [0.4, 0.5) is 5.69 Å². The van der Waals surface area contributed by atoms with E-state index in [1.165, 1.54) is 36.9 Å². The number of benzene rings is 1. The van der Waals surface area contributed by atoms with Crippen LogP contribution < -0.4 is 10.2 Å². The summed E-state index contributed by atoms with van der Waals surface area (Å²) in [5.74, 6) is 0. The van der Waals surface area contributed by atoms with E-state index in [1.807, 2.05) is 6.07 Å². The van der Waals surface area contributed by atoms with E-state index in [9.17, 15) is 0 Å². The zero-order chi connectivity index (χ0) is 14.2. The van der Waals surface area contributed by atoms with Gasteiger partial charge in [-0.1, -0.05) is 25.4 Å². The molecule has 3 heteroatoms. The quantitative estimate of drug-likeness (QED) is 0.894. The van der Waals surface area contributed by atoms with Gasteiger partial charge in [0.05, 0.1) is 0 Å². The Labute approximate surface area is 127 Å². The van der Waals surface area contributed by atoms with Crippen molar-refractivity contribution in [3.63, 3.8) is 0 Å². The minimum atomic E-state index is 0.495. The summed E-state index contributed by atoms with van der Waals surface area (Å²) in [6.45, 7) is 8.01. The Kier molecular flexibility index (Phi) is 3.96. The molecular formula is C17H25ClN2. The van der Waals surface area contributed by atoms with Crippen molar-refractivity contribution in [3.8, 4) is 0 Å². The molecule has 0 amide bonds. The number of nitrogens with one attached hydrogen (secondary N) is 1. The standard InChI is InChI=1S/C17H25ClN2/c1-17(2)7-9-20(10-8-17)16-6-3-14(18)11-13(16)12-19-15-4-5-15/h3,6,11,15,19H,4-5,7-10,12H2,1-2H3. The maximum Gasteiger partial charge on any atom is 0.0412 e. The largest absolute Gasteiger partial charge is 0.371 e. The Morgan fingerprint density at radius 1 is 1.25 bits per heavy atom. The summed E-state index contributed by atoms with van der Waals surface area (Å²) < 4.78 is 0. The van der Waals surface area contributed by atoms with Crippen molar-refractivity contribution >= 4 is 17.3 Å². The molecule has 0 radical (unpaired) electrons. The van der Waals surface area contributed by atoms with Gasteiger partial charge < -0.3 is 10.2 Å². The smallest absolute Gasteiger partial charge is 0.0412 e. The number of hydrogen-bond donors (Lipinski definition) is 1. The highest BCUT2D eigenvalue weighted by atomic mass is 35.5.